The van der Waals surface area contributed by atoms with Gasteiger partial charge in [0.1, 0.15) is 0 Å². The van der Waals surface area contributed by atoms with Crippen LogP contribution in [0.2, 0.25) is 0 Å². The van der Waals surface area contributed by atoms with Gasteiger partial charge in [-0.1, -0.05) is 0 Å². The Morgan fingerprint density at radius 1 is 1.36 bits per heavy atom. The van der Waals surface area contributed by atoms with Crippen molar-refractivity contribution in [2.75, 3.05) is 19.5 Å². The Hall–Kier alpha value is -1.20. The molecule has 0 aliphatic heterocycles. The molecule has 5 heteroatoms. The van der Waals surface area contributed by atoms with Gasteiger partial charge in [0.15, 0.2) is 11.6 Å². The summed E-state index contributed by atoms with van der Waals surface area (Å²) in [5, 5.41) is 0. The largest absolute Gasteiger partial charge is 0.398 e. The number of halogens is 2. The zero-order valence-corrected chi connectivity index (χ0v) is 7.76. The van der Waals surface area contributed by atoms with Gasteiger partial charge in [0.25, 0.3) is 0 Å². The molecule has 0 aromatic heterocycles. The fourth-order valence-corrected chi connectivity index (χ4v) is 1.17. The molecule has 0 spiro atoms. The van der Waals surface area contributed by atoms with Gasteiger partial charge in [-0.2, -0.15) is 0 Å². The average Bonchev–Trinajstić information content (AvgIpc) is 2.11. The highest BCUT2D eigenvalue weighted by atomic mass is 19.2. The molecule has 1 unspecified atom stereocenters. The SMILES string of the molecule is COCC(N)c1cc(F)c(F)cc1N. The fourth-order valence-electron chi connectivity index (χ4n) is 1.17. The van der Waals surface area contributed by atoms with Gasteiger partial charge in [-0.15, -0.1) is 0 Å². The van der Waals surface area contributed by atoms with E-state index < -0.39 is 17.7 Å². The molecular formula is C9H12F2N2O. The summed E-state index contributed by atoms with van der Waals surface area (Å²) in [6, 6.07) is 1.37. The van der Waals surface area contributed by atoms with Crippen molar-refractivity contribution in [3.05, 3.63) is 29.3 Å². The molecule has 0 radical (unpaired) electrons. The molecule has 78 valence electrons. The zero-order chi connectivity index (χ0) is 10.7. The first kappa shape index (κ1) is 10.9. The maximum absolute atomic E-state index is 12.8. The third kappa shape index (κ3) is 2.18. The Balaban J connectivity index is 3.02. The predicted molar refractivity (Wildman–Crippen MR) is 49.6 cm³/mol. The van der Waals surface area contributed by atoms with Gasteiger partial charge in [0, 0.05) is 18.9 Å². The molecule has 4 N–H and O–H groups in total. The van der Waals surface area contributed by atoms with Crippen LogP contribution >= 0.6 is 0 Å². The summed E-state index contributed by atoms with van der Waals surface area (Å²) in [5.41, 5.74) is 11.6. The molecule has 0 bridgehead atoms. The molecular weight excluding hydrogens is 190 g/mol. The van der Waals surface area contributed by atoms with Crippen LogP contribution in [0.3, 0.4) is 0 Å². The van der Waals surface area contributed by atoms with Crippen molar-refractivity contribution < 1.29 is 13.5 Å². The van der Waals surface area contributed by atoms with E-state index in [1.54, 1.807) is 0 Å². The predicted octanol–water partition coefficient (Wildman–Crippen LogP) is 1.19. The van der Waals surface area contributed by atoms with Crippen molar-refractivity contribution in [3.63, 3.8) is 0 Å². The van der Waals surface area contributed by atoms with Crippen molar-refractivity contribution in [3.8, 4) is 0 Å². The van der Waals surface area contributed by atoms with Crippen LogP contribution < -0.4 is 11.5 Å². The first-order valence-corrected chi connectivity index (χ1v) is 4.05. The molecule has 0 heterocycles. The second-order valence-electron chi connectivity index (χ2n) is 2.96. The normalized spacial score (nSPS) is 12.9. The minimum atomic E-state index is -0.976. The standard InChI is InChI=1S/C9H12F2N2O/c1-14-4-9(13)5-2-6(10)7(11)3-8(5)12/h2-3,9H,4,12-13H2,1H3. The highest BCUT2D eigenvalue weighted by Gasteiger charge is 2.13. The molecule has 1 atom stereocenters. The number of anilines is 1. The van der Waals surface area contributed by atoms with Crippen LogP contribution in [0.15, 0.2) is 12.1 Å². The van der Waals surface area contributed by atoms with Gasteiger partial charge >= 0.3 is 0 Å². The molecule has 0 amide bonds. The third-order valence-corrected chi connectivity index (χ3v) is 1.87. The summed E-state index contributed by atoms with van der Waals surface area (Å²) in [4.78, 5) is 0. The topological polar surface area (TPSA) is 61.3 Å². The van der Waals surface area contributed by atoms with Crippen molar-refractivity contribution in [2.45, 2.75) is 6.04 Å². The maximum atomic E-state index is 12.8. The number of hydrogen-bond acceptors (Lipinski definition) is 3. The van der Waals surface area contributed by atoms with E-state index in [9.17, 15) is 8.78 Å². The molecule has 1 aromatic rings. The fraction of sp³-hybridized carbons (Fsp3) is 0.333. The number of rotatable bonds is 3. The lowest BCUT2D eigenvalue weighted by atomic mass is 10.1. The number of ether oxygens (including phenoxy) is 1. The summed E-state index contributed by atoms with van der Waals surface area (Å²) in [5.74, 6) is -1.93. The molecule has 0 aliphatic rings. The van der Waals surface area contributed by atoms with E-state index in [1.165, 1.54) is 7.11 Å². The summed E-state index contributed by atoms with van der Waals surface area (Å²) in [7, 11) is 1.47. The monoisotopic (exact) mass is 202 g/mol. The second-order valence-corrected chi connectivity index (χ2v) is 2.96. The van der Waals surface area contributed by atoms with Gasteiger partial charge in [0.05, 0.1) is 12.6 Å². The lowest BCUT2D eigenvalue weighted by Gasteiger charge is -2.13. The Morgan fingerprint density at radius 2 is 1.93 bits per heavy atom. The Kier molecular flexibility index (Phi) is 3.38. The van der Waals surface area contributed by atoms with E-state index in [0.717, 1.165) is 12.1 Å². The van der Waals surface area contributed by atoms with Gasteiger partial charge in [0.2, 0.25) is 0 Å². The van der Waals surface area contributed by atoms with E-state index >= 15 is 0 Å². The Morgan fingerprint density at radius 3 is 2.50 bits per heavy atom. The molecule has 0 saturated carbocycles. The van der Waals surface area contributed by atoms with E-state index in [2.05, 4.69) is 0 Å². The molecule has 3 nitrogen and oxygen atoms in total. The van der Waals surface area contributed by atoms with Crippen molar-refractivity contribution >= 4 is 5.69 Å². The first-order valence-electron chi connectivity index (χ1n) is 4.05. The average molecular weight is 202 g/mol. The molecule has 1 rings (SSSR count). The number of nitrogen functional groups attached to an aromatic ring is 1. The van der Waals surface area contributed by atoms with Crippen LogP contribution in [-0.2, 0) is 4.74 Å². The number of benzene rings is 1. The van der Waals surface area contributed by atoms with Crippen LogP contribution in [-0.4, -0.2) is 13.7 Å². The first-order chi connectivity index (χ1) is 6.56. The molecule has 0 aliphatic carbocycles. The van der Waals surface area contributed by atoms with Crippen molar-refractivity contribution in [2.24, 2.45) is 5.73 Å². The van der Waals surface area contributed by atoms with Crippen molar-refractivity contribution in [1.82, 2.24) is 0 Å². The lowest BCUT2D eigenvalue weighted by Crippen LogP contribution is -2.18. The summed E-state index contributed by atoms with van der Waals surface area (Å²) >= 11 is 0. The summed E-state index contributed by atoms with van der Waals surface area (Å²) in [6.45, 7) is 0.204. The third-order valence-electron chi connectivity index (χ3n) is 1.87. The molecule has 1 aromatic carbocycles. The van der Waals surface area contributed by atoms with Crippen molar-refractivity contribution in [1.29, 1.82) is 0 Å². The Labute approximate surface area is 80.7 Å². The molecule has 0 saturated heterocycles. The molecule has 14 heavy (non-hydrogen) atoms. The maximum Gasteiger partial charge on any atom is 0.160 e. The van der Waals surface area contributed by atoms with E-state index in [0.29, 0.717) is 5.56 Å². The molecule has 0 fully saturated rings. The van der Waals surface area contributed by atoms with Gasteiger partial charge in [-0.05, 0) is 11.6 Å². The number of methoxy groups -OCH3 is 1. The highest BCUT2D eigenvalue weighted by molar-refractivity contribution is 5.49. The van der Waals surface area contributed by atoms with Gasteiger partial charge in [-0.25, -0.2) is 8.78 Å². The van der Waals surface area contributed by atoms with Crippen LogP contribution in [0.25, 0.3) is 0 Å². The quantitative estimate of drug-likeness (QED) is 0.724. The van der Waals surface area contributed by atoms with Crippen LogP contribution in [0.5, 0.6) is 0 Å². The highest BCUT2D eigenvalue weighted by Crippen LogP contribution is 2.22. The second kappa shape index (κ2) is 4.34. The van der Waals surface area contributed by atoms with Crippen LogP contribution in [0, 0.1) is 11.6 Å². The minimum absolute atomic E-state index is 0.133. The summed E-state index contributed by atoms with van der Waals surface area (Å²) in [6.07, 6.45) is 0. The minimum Gasteiger partial charge on any atom is -0.398 e. The Bertz CT molecular complexity index is 331. The van der Waals surface area contributed by atoms with Gasteiger partial charge in [-0.3, -0.25) is 0 Å². The van der Waals surface area contributed by atoms with E-state index in [1.807, 2.05) is 0 Å². The lowest BCUT2D eigenvalue weighted by molar-refractivity contribution is 0.181. The van der Waals surface area contributed by atoms with Gasteiger partial charge < -0.3 is 16.2 Å². The zero-order valence-electron chi connectivity index (χ0n) is 7.76. The van der Waals surface area contributed by atoms with Crippen LogP contribution in [0.4, 0.5) is 14.5 Å². The van der Waals surface area contributed by atoms with E-state index in [4.69, 9.17) is 16.2 Å². The number of nitrogens with two attached hydrogens (primary N) is 2. The summed E-state index contributed by atoms with van der Waals surface area (Å²) < 4.78 is 30.3. The smallest absolute Gasteiger partial charge is 0.160 e. The van der Waals surface area contributed by atoms with Crippen LogP contribution in [0.1, 0.15) is 11.6 Å². The van der Waals surface area contributed by atoms with E-state index in [-0.39, 0.29) is 12.3 Å². The number of hydrogen-bond donors (Lipinski definition) is 2.